The Morgan fingerprint density at radius 2 is 1.51 bits per heavy atom. The highest BCUT2D eigenvalue weighted by Crippen LogP contribution is 2.43. The Bertz CT molecular complexity index is 1160. The Hall–Kier alpha value is -2.66. The van der Waals surface area contributed by atoms with Crippen molar-refractivity contribution >= 4 is 5.91 Å². The van der Waals surface area contributed by atoms with Crippen molar-refractivity contribution in [2.24, 2.45) is 5.92 Å². The Morgan fingerprint density at radius 3 is 2.05 bits per heavy atom. The van der Waals surface area contributed by atoms with Crippen LogP contribution in [0.4, 0.5) is 30.7 Å². The first-order valence-corrected chi connectivity index (χ1v) is 13.8. The van der Waals surface area contributed by atoms with Gasteiger partial charge in [0, 0.05) is 25.0 Å². The molecule has 0 N–H and O–H groups in total. The molecule has 2 fully saturated rings. The van der Waals surface area contributed by atoms with Crippen LogP contribution < -0.4 is 0 Å². The average Bonchev–Trinajstić information content (AvgIpc) is 3.31. The molecule has 0 spiro atoms. The molecule has 41 heavy (non-hydrogen) atoms. The summed E-state index contributed by atoms with van der Waals surface area (Å²) in [6.45, 7) is 5.13. The van der Waals surface area contributed by atoms with E-state index in [9.17, 15) is 35.5 Å². The summed E-state index contributed by atoms with van der Waals surface area (Å²) >= 11 is 0. The third-order valence-electron chi connectivity index (χ3n) is 8.36. The molecule has 2 aliphatic rings. The smallest absolute Gasteiger partial charge is 0.370 e. The van der Waals surface area contributed by atoms with Crippen LogP contribution in [0.2, 0.25) is 0 Å². The van der Waals surface area contributed by atoms with Gasteiger partial charge >= 0.3 is 12.4 Å². The number of hydrogen-bond acceptors (Lipinski definition) is 3. The molecule has 2 aromatic rings. The van der Waals surface area contributed by atoms with Gasteiger partial charge in [-0.25, -0.2) is 4.39 Å². The lowest BCUT2D eigenvalue weighted by Gasteiger charge is -2.35. The summed E-state index contributed by atoms with van der Waals surface area (Å²) < 4.78 is 101. The number of benzene rings is 2. The van der Waals surface area contributed by atoms with Gasteiger partial charge in [0.05, 0.1) is 29.9 Å². The number of ether oxygens (including phenoxy) is 1. The van der Waals surface area contributed by atoms with Crippen LogP contribution in [-0.4, -0.2) is 54.5 Å². The zero-order valence-electron chi connectivity index (χ0n) is 23.2. The number of amides is 1. The van der Waals surface area contributed by atoms with E-state index < -0.39 is 41.5 Å². The van der Waals surface area contributed by atoms with Crippen molar-refractivity contribution in [3.8, 4) is 0 Å². The van der Waals surface area contributed by atoms with Crippen LogP contribution in [0.25, 0.3) is 0 Å². The predicted molar refractivity (Wildman–Crippen MR) is 140 cm³/mol. The van der Waals surface area contributed by atoms with E-state index in [0.717, 1.165) is 18.4 Å². The number of nitrogens with zero attached hydrogens (tertiary/aromatic N) is 2. The quantitative estimate of drug-likeness (QED) is 0.315. The molecule has 0 bridgehead atoms. The Balaban J connectivity index is 1.57. The lowest BCUT2D eigenvalue weighted by molar-refractivity contribution is -0.143. The number of likely N-dealkylation sites (N-methyl/N-ethyl adjacent to an activating group) is 1. The van der Waals surface area contributed by atoms with Crippen molar-refractivity contribution in [3.05, 3.63) is 70.5 Å². The van der Waals surface area contributed by atoms with Crippen molar-refractivity contribution in [2.45, 2.75) is 76.1 Å². The van der Waals surface area contributed by atoms with Crippen molar-refractivity contribution < 1.29 is 40.3 Å². The molecule has 2 aromatic carbocycles. The van der Waals surface area contributed by atoms with Gasteiger partial charge in [-0.3, -0.25) is 9.69 Å². The Kier molecular flexibility index (Phi) is 9.38. The van der Waals surface area contributed by atoms with Crippen LogP contribution in [0.3, 0.4) is 0 Å². The molecule has 11 heteroatoms. The van der Waals surface area contributed by atoms with Crippen molar-refractivity contribution in [2.75, 3.05) is 26.7 Å². The lowest BCUT2D eigenvalue weighted by atomic mass is 9.91. The van der Waals surface area contributed by atoms with Gasteiger partial charge in [0.25, 0.3) is 0 Å². The van der Waals surface area contributed by atoms with E-state index in [1.165, 1.54) is 19.1 Å². The minimum atomic E-state index is -4.97. The van der Waals surface area contributed by atoms with Gasteiger partial charge in [0.2, 0.25) is 5.91 Å². The molecule has 4 atom stereocenters. The molecule has 4 nitrogen and oxygen atoms in total. The number of rotatable bonds is 7. The van der Waals surface area contributed by atoms with Crippen LogP contribution in [0.5, 0.6) is 0 Å². The molecule has 4 rings (SSSR count). The highest BCUT2D eigenvalue weighted by molar-refractivity contribution is 5.78. The predicted octanol–water partition coefficient (Wildman–Crippen LogP) is 7.45. The molecular formula is C30H35F7N2O2. The summed E-state index contributed by atoms with van der Waals surface area (Å²) in [5, 5.41) is 0. The number of likely N-dealkylation sites (tertiary alicyclic amines) is 1. The molecular weight excluding hydrogens is 553 g/mol. The van der Waals surface area contributed by atoms with Gasteiger partial charge in [0.1, 0.15) is 5.82 Å². The van der Waals surface area contributed by atoms with Gasteiger partial charge in [-0.2, -0.15) is 26.3 Å². The first-order valence-electron chi connectivity index (χ1n) is 13.8. The minimum absolute atomic E-state index is 0.00126. The number of alkyl halides is 6. The van der Waals surface area contributed by atoms with E-state index in [1.807, 2.05) is 16.8 Å². The van der Waals surface area contributed by atoms with Gasteiger partial charge < -0.3 is 9.64 Å². The van der Waals surface area contributed by atoms with E-state index in [4.69, 9.17) is 4.74 Å². The summed E-state index contributed by atoms with van der Waals surface area (Å²) in [5.74, 6) is -0.261. The van der Waals surface area contributed by atoms with Gasteiger partial charge in [-0.05, 0) is 87.0 Å². The second-order valence-electron chi connectivity index (χ2n) is 11.4. The SMILES string of the molecule is CC1CCN(C(=O)CN(C)[C@@H]2CC[C@H](O[C@H](C)c3cc(C(F)(F)F)cc(C(F)(F)F)c3)[C@H]2c2ccc(F)cc2)CC1. The van der Waals surface area contributed by atoms with E-state index in [0.29, 0.717) is 44.0 Å². The molecule has 1 saturated carbocycles. The third kappa shape index (κ3) is 7.60. The van der Waals surface area contributed by atoms with Crippen molar-refractivity contribution in [3.63, 3.8) is 0 Å². The summed E-state index contributed by atoms with van der Waals surface area (Å²) in [5.41, 5.74) is -2.32. The van der Waals surface area contributed by atoms with Crippen LogP contribution >= 0.6 is 0 Å². The maximum absolute atomic E-state index is 13.8. The zero-order valence-corrected chi connectivity index (χ0v) is 23.2. The molecule has 1 heterocycles. The molecule has 1 aliphatic carbocycles. The fraction of sp³-hybridized carbons (Fsp3) is 0.567. The van der Waals surface area contributed by atoms with E-state index in [1.54, 1.807) is 12.1 Å². The van der Waals surface area contributed by atoms with Crippen LogP contribution in [0.1, 0.15) is 73.8 Å². The molecule has 1 saturated heterocycles. The van der Waals surface area contributed by atoms with E-state index >= 15 is 0 Å². The van der Waals surface area contributed by atoms with Crippen LogP contribution in [0, 0.1) is 11.7 Å². The minimum Gasteiger partial charge on any atom is -0.370 e. The first-order chi connectivity index (χ1) is 19.1. The standard InChI is InChI=1S/C30H35F7N2O2/c1-18-10-12-39(13-11-18)27(40)17-38(3)25-8-9-26(28(25)20-4-6-24(31)7-5-20)41-19(2)21-14-22(29(32,33)34)16-23(15-21)30(35,36)37/h4-7,14-16,18-19,25-26,28H,8-13,17H2,1-3H3/t19-,25-,26+,28+/m1/s1. The zero-order chi connectivity index (χ0) is 30.1. The number of carbonyl (C=O) groups is 1. The highest BCUT2D eigenvalue weighted by atomic mass is 19.4. The summed E-state index contributed by atoms with van der Waals surface area (Å²) in [6, 6.07) is 7.06. The summed E-state index contributed by atoms with van der Waals surface area (Å²) in [6.07, 6.45) is -8.69. The lowest BCUT2D eigenvalue weighted by Crippen LogP contribution is -2.46. The van der Waals surface area contributed by atoms with E-state index in [2.05, 4.69) is 6.92 Å². The number of carbonyl (C=O) groups excluding carboxylic acids is 1. The third-order valence-corrected chi connectivity index (χ3v) is 8.36. The Morgan fingerprint density at radius 1 is 0.951 bits per heavy atom. The summed E-state index contributed by atoms with van der Waals surface area (Å²) in [4.78, 5) is 16.8. The van der Waals surface area contributed by atoms with E-state index in [-0.39, 0.29) is 36.0 Å². The van der Waals surface area contributed by atoms with Crippen molar-refractivity contribution in [1.82, 2.24) is 9.80 Å². The van der Waals surface area contributed by atoms with Crippen LogP contribution in [-0.2, 0) is 21.9 Å². The van der Waals surface area contributed by atoms with Gasteiger partial charge in [-0.1, -0.05) is 19.1 Å². The molecule has 1 aliphatic heterocycles. The fourth-order valence-corrected chi connectivity index (χ4v) is 5.95. The number of piperidine rings is 1. The number of hydrogen-bond donors (Lipinski definition) is 0. The maximum atomic E-state index is 13.8. The van der Waals surface area contributed by atoms with Crippen LogP contribution in [0.15, 0.2) is 42.5 Å². The van der Waals surface area contributed by atoms with Crippen molar-refractivity contribution in [1.29, 1.82) is 0 Å². The number of halogens is 7. The second kappa shape index (κ2) is 12.3. The molecule has 226 valence electrons. The summed E-state index contributed by atoms with van der Waals surface area (Å²) in [7, 11) is 1.82. The molecule has 0 unspecified atom stereocenters. The molecule has 0 aromatic heterocycles. The second-order valence-corrected chi connectivity index (χ2v) is 11.4. The maximum Gasteiger partial charge on any atom is 0.416 e. The average molecular weight is 589 g/mol. The first kappa shape index (κ1) is 31.3. The topological polar surface area (TPSA) is 32.8 Å². The Labute approximate surface area is 235 Å². The molecule has 0 radical (unpaired) electrons. The fourth-order valence-electron chi connectivity index (χ4n) is 5.95. The normalized spacial score (nSPS) is 23.3. The van der Waals surface area contributed by atoms with Gasteiger partial charge in [-0.15, -0.1) is 0 Å². The van der Waals surface area contributed by atoms with Gasteiger partial charge in [0.15, 0.2) is 0 Å². The monoisotopic (exact) mass is 588 g/mol. The molecule has 1 amide bonds. The largest absolute Gasteiger partial charge is 0.416 e. The highest BCUT2D eigenvalue weighted by Gasteiger charge is 2.42.